The van der Waals surface area contributed by atoms with Crippen molar-refractivity contribution >= 4 is 17.5 Å². The highest BCUT2D eigenvalue weighted by atomic mass is 32.2. The maximum Gasteiger partial charge on any atom is 0.416 e. The second-order valence-corrected chi connectivity index (χ2v) is 8.32. The van der Waals surface area contributed by atoms with Crippen LogP contribution in [-0.4, -0.2) is 29.6 Å². The fourth-order valence-corrected chi connectivity index (χ4v) is 4.13. The van der Waals surface area contributed by atoms with Crippen LogP contribution in [0.5, 0.6) is 0 Å². The third kappa shape index (κ3) is 6.49. The summed E-state index contributed by atoms with van der Waals surface area (Å²) in [5.74, 6) is 0. The minimum Gasteiger partial charge on any atom is -0.402 e. The predicted molar refractivity (Wildman–Crippen MR) is 95.3 cm³/mol. The molecule has 1 saturated heterocycles. The molecule has 0 amide bonds. The van der Waals surface area contributed by atoms with Crippen LogP contribution in [0.1, 0.15) is 31.7 Å². The largest absolute Gasteiger partial charge is 0.416 e. The van der Waals surface area contributed by atoms with Gasteiger partial charge in [0.25, 0.3) is 0 Å². The number of allylic oxidation sites excluding steroid dienone is 1. The molecule has 0 radical (unpaired) electrons. The van der Waals surface area contributed by atoms with Gasteiger partial charge in [-0.05, 0) is 44.0 Å². The normalized spacial score (nSPS) is 24.3. The molecular formula is C18H21F5N2OS. The van der Waals surface area contributed by atoms with Crippen LogP contribution in [-0.2, 0) is 10.9 Å². The van der Waals surface area contributed by atoms with Crippen LogP contribution >= 0.6 is 11.8 Å². The molecule has 3 N–H and O–H groups in total. The number of alkyl halides is 5. The molecule has 27 heavy (non-hydrogen) atoms. The first-order valence-corrected chi connectivity index (χ1v) is 9.11. The predicted octanol–water partition coefficient (Wildman–Crippen LogP) is 5.25. The first-order chi connectivity index (χ1) is 12.5. The van der Waals surface area contributed by atoms with Gasteiger partial charge in [-0.2, -0.15) is 13.2 Å². The Morgan fingerprint density at radius 2 is 2.15 bits per heavy atom. The van der Waals surface area contributed by atoms with Gasteiger partial charge < -0.3 is 15.9 Å². The molecule has 9 heteroatoms. The molecule has 0 aromatic heterocycles. The minimum absolute atomic E-state index is 0.0104. The minimum atomic E-state index is -4.41. The van der Waals surface area contributed by atoms with Crippen LogP contribution in [0.15, 0.2) is 40.9 Å². The summed E-state index contributed by atoms with van der Waals surface area (Å²) in [5.41, 5.74) is 4.68. The van der Waals surface area contributed by atoms with E-state index in [1.165, 1.54) is 23.9 Å². The van der Waals surface area contributed by atoms with Crippen LogP contribution in [0.2, 0.25) is 0 Å². The molecule has 0 saturated carbocycles. The number of ether oxygens (including phenoxy) is 1. The zero-order valence-electron chi connectivity index (χ0n) is 14.7. The average Bonchev–Trinajstić information content (AvgIpc) is 2.53. The lowest BCUT2D eigenvalue weighted by Crippen LogP contribution is -2.39. The molecule has 3 nitrogen and oxygen atoms in total. The van der Waals surface area contributed by atoms with Crippen LogP contribution in [0.3, 0.4) is 0 Å². The summed E-state index contributed by atoms with van der Waals surface area (Å²) in [6.07, 6.45) is -6.13. The van der Waals surface area contributed by atoms with Crippen molar-refractivity contribution < 1.29 is 26.7 Å². The summed E-state index contributed by atoms with van der Waals surface area (Å²) >= 11 is 1.30. The van der Waals surface area contributed by atoms with E-state index in [2.05, 4.69) is 0 Å². The monoisotopic (exact) mass is 408 g/mol. The first-order valence-electron chi connectivity index (χ1n) is 8.29. The number of rotatable bonds is 6. The summed E-state index contributed by atoms with van der Waals surface area (Å²) in [5, 5.41) is 8.05. The molecule has 2 unspecified atom stereocenters. The molecule has 0 aliphatic carbocycles. The maximum atomic E-state index is 12.9. The van der Waals surface area contributed by atoms with E-state index in [-0.39, 0.29) is 11.4 Å². The lowest BCUT2D eigenvalue weighted by Gasteiger charge is -2.37. The van der Waals surface area contributed by atoms with Crippen molar-refractivity contribution in [2.24, 2.45) is 5.73 Å². The molecule has 1 aromatic rings. The summed E-state index contributed by atoms with van der Waals surface area (Å²) < 4.78 is 68.5. The van der Waals surface area contributed by atoms with Crippen LogP contribution in [0.25, 0.3) is 0 Å². The fourth-order valence-electron chi connectivity index (χ4n) is 2.81. The number of hydrogen-bond donors (Lipinski definition) is 2. The Hall–Kier alpha value is -1.61. The van der Waals surface area contributed by atoms with Crippen molar-refractivity contribution in [3.63, 3.8) is 0 Å². The summed E-state index contributed by atoms with van der Waals surface area (Å²) in [7, 11) is 0. The first kappa shape index (κ1) is 21.7. The zero-order chi connectivity index (χ0) is 20.2. The third-order valence-corrected chi connectivity index (χ3v) is 5.52. The van der Waals surface area contributed by atoms with Gasteiger partial charge >= 0.3 is 6.18 Å². The average molecular weight is 408 g/mol. The van der Waals surface area contributed by atoms with Gasteiger partial charge in [-0.15, -0.1) is 11.8 Å². The second kappa shape index (κ2) is 8.60. The SMILES string of the molecule is CC1(Sc2cccc(C(F)(F)F)c2)CCOC(C(=N)C=C(N)CC(F)F)C1. The van der Waals surface area contributed by atoms with Gasteiger partial charge in [0.1, 0.15) is 6.10 Å². The van der Waals surface area contributed by atoms with Crippen LogP contribution in [0, 0.1) is 5.41 Å². The summed E-state index contributed by atoms with van der Waals surface area (Å²) in [6.45, 7) is 2.21. The van der Waals surface area contributed by atoms with E-state index >= 15 is 0 Å². The number of nitrogens with one attached hydrogen (secondary N) is 1. The van der Waals surface area contributed by atoms with E-state index in [1.54, 1.807) is 6.07 Å². The summed E-state index contributed by atoms with van der Waals surface area (Å²) in [6, 6.07) is 5.10. The molecule has 150 valence electrons. The molecule has 1 aromatic carbocycles. The Labute approximate surface area is 158 Å². The highest BCUT2D eigenvalue weighted by Crippen LogP contribution is 2.43. The number of benzene rings is 1. The van der Waals surface area contributed by atoms with Crippen molar-refractivity contribution in [2.75, 3.05) is 6.61 Å². The molecule has 1 heterocycles. The quantitative estimate of drug-likeness (QED) is 0.499. The van der Waals surface area contributed by atoms with E-state index in [0.717, 1.165) is 12.1 Å². The number of nitrogens with two attached hydrogens (primary N) is 1. The smallest absolute Gasteiger partial charge is 0.402 e. The van der Waals surface area contributed by atoms with E-state index in [0.29, 0.717) is 24.3 Å². The molecular weight excluding hydrogens is 387 g/mol. The van der Waals surface area contributed by atoms with Crippen molar-refractivity contribution in [3.8, 4) is 0 Å². The van der Waals surface area contributed by atoms with Gasteiger partial charge in [0, 0.05) is 28.4 Å². The van der Waals surface area contributed by atoms with Crippen molar-refractivity contribution in [3.05, 3.63) is 41.6 Å². The summed E-state index contributed by atoms with van der Waals surface area (Å²) in [4.78, 5) is 0.479. The fraction of sp³-hybridized carbons (Fsp3) is 0.500. The van der Waals surface area contributed by atoms with E-state index in [4.69, 9.17) is 15.9 Å². The van der Waals surface area contributed by atoms with Crippen molar-refractivity contribution in [1.29, 1.82) is 5.41 Å². The molecule has 1 aliphatic rings. The number of thioether (sulfide) groups is 1. The second-order valence-electron chi connectivity index (χ2n) is 6.66. The number of hydrogen-bond acceptors (Lipinski definition) is 4. The lowest BCUT2D eigenvalue weighted by atomic mass is 9.93. The van der Waals surface area contributed by atoms with E-state index in [9.17, 15) is 22.0 Å². The Balaban J connectivity index is 2.09. The highest BCUT2D eigenvalue weighted by Gasteiger charge is 2.36. The Kier molecular flexibility index (Phi) is 6.91. The van der Waals surface area contributed by atoms with Crippen molar-refractivity contribution in [1.82, 2.24) is 0 Å². The van der Waals surface area contributed by atoms with Gasteiger partial charge in [0.05, 0.1) is 11.3 Å². The molecule has 2 atom stereocenters. The Morgan fingerprint density at radius 3 is 2.78 bits per heavy atom. The zero-order valence-corrected chi connectivity index (χ0v) is 15.5. The number of halogens is 5. The van der Waals surface area contributed by atoms with Gasteiger partial charge in [-0.3, -0.25) is 0 Å². The van der Waals surface area contributed by atoms with Crippen LogP contribution < -0.4 is 5.73 Å². The highest BCUT2D eigenvalue weighted by molar-refractivity contribution is 8.00. The van der Waals surface area contributed by atoms with Gasteiger partial charge in [0.15, 0.2) is 0 Å². The molecule has 1 aliphatic heterocycles. The maximum absolute atomic E-state index is 12.9. The van der Waals surface area contributed by atoms with E-state index in [1.807, 2.05) is 6.92 Å². The molecule has 0 spiro atoms. The lowest BCUT2D eigenvalue weighted by molar-refractivity contribution is -0.137. The Bertz CT molecular complexity index is 707. The molecule has 1 fully saturated rings. The van der Waals surface area contributed by atoms with Crippen LogP contribution in [0.4, 0.5) is 22.0 Å². The standard InChI is InChI=1S/C18H21F5N2OS/c1-17(27-13-4-2-3-11(7-13)18(21,22)23)5-6-26-15(10-17)14(25)8-12(24)9-16(19)20/h2-4,7-8,15-16,25H,5-6,9-10,24H2,1H3. The topological polar surface area (TPSA) is 59.1 Å². The van der Waals surface area contributed by atoms with Gasteiger partial charge in [-0.1, -0.05) is 6.07 Å². The third-order valence-electron chi connectivity index (χ3n) is 4.17. The molecule has 0 bridgehead atoms. The van der Waals surface area contributed by atoms with Gasteiger partial charge in [0.2, 0.25) is 6.43 Å². The van der Waals surface area contributed by atoms with Crippen molar-refractivity contribution in [2.45, 2.75) is 54.5 Å². The molecule has 2 rings (SSSR count). The van der Waals surface area contributed by atoms with Gasteiger partial charge in [-0.25, -0.2) is 8.78 Å². The Morgan fingerprint density at radius 1 is 1.44 bits per heavy atom. The van der Waals surface area contributed by atoms with E-state index < -0.39 is 35.4 Å².